The average molecular weight is 295 g/mol. The van der Waals surface area contributed by atoms with Gasteiger partial charge in [-0.1, -0.05) is 11.6 Å². The summed E-state index contributed by atoms with van der Waals surface area (Å²) >= 11 is 6.04. The van der Waals surface area contributed by atoms with Crippen molar-refractivity contribution < 1.29 is 4.74 Å². The number of benzene rings is 1. The predicted molar refractivity (Wildman–Crippen MR) is 82.7 cm³/mol. The average Bonchev–Trinajstić information content (AvgIpc) is 2.83. The lowest BCUT2D eigenvalue weighted by atomic mass is 9.90. The minimum Gasteiger partial charge on any atom is -0.488 e. The summed E-state index contributed by atoms with van der Waals surface area (Å²) in [6, 6.07) is 5.93. The molecule has 0 aliphatic carbocycles. The van der Waals surface area contributed by atoms with Gasteiger partial charge < -0.3 is 10.1 Å². The van der Waals surface area contributed by atoms with Gasteiger partial charge in [0.15, 0.2) is 0 Å². The molecule has 0 spiro atoms. The van der Waals surface area contributed by atoms with Crippen LogP contribution < -0.4 is 10.1 Å². The second-order valence-corrected chi connectivity index (χ2v) is 6.74. The number of hydrogen-bond acceptors (Lipinski definition) is 3. The van der Waals surface area contributed by atoms with Gasteiger partial charge in [0, 0.05) is 36.6 Å². The van der Waals surface area contributed by atoms with Crippen molar-refractivity contribution in [3.05, 3.63) is 28.8 Å². The number of fused-ring (bicyclic) bond motifs is 1. The molecule has 0 aromatic heterocycles. The first-order valence-corrected chi connectivity index (χ1v) is 7.82. The highest BCUT2D eigenvalue weighted by molar-refractivity contribution is 6.30. The number of likely N-dealkylation sites (tertiary alicyclic amines) is 1. The number of piperidine rings is 1. The number of halogens is 1. The zero-order chi connectivity index (χ0) is 14.2. The maximum atomic E-state index is 6.04. The molecule has 1 unspecified atom stereocenters. The molecule has 20 heavy (non-hydrogen) atoms. The molecule has 1 aromatic rings. The number of ether oxygens (including phenoxy) is 1. The summed E-state index contributed by atoms with van der Waals surface area (Å²) in [7, 11) is 2.07. The van der Waals surface area contributed by atoms with E-state index in [1.807, 2.05) is 18.2 Å². The lowest BCUT2D eigenvalue weighted by Crippen LogP contribution is -2.51. The molecule has 2 aliphatic heterocycles. The standard InChI is InChI=1S/C16H23ClN2O/c1-16(18-2)5-7-19(8-6-16)11-14-10-12-9-13(17)3-4-15(12)20-14/h3-4,9,14,18H,5-8,10-11H2,1-2H3. The number of rotatable bonds is 3. The van der Waals surface area contributed by atoms with E-state index >= 15 is 0 Å². The summed E-state index contributed by atoms with van der Waals surface area (Å²) < 4.78 is 6.03. The number of hydrogen-bond donors (Lipinski definition) is 1. The quantitative estimate of drug-likeness (QED) is 0.928. The maximum Gasteiger partial charge on any atom is 0.123 e. The Morgan fingerprint density at radius 2 is 2.15 bits per heavy atom. The van der Waals surface area contributed by atoms with E-state index in [1.54, 1.807) is 0 Å². The Bertz CT molecular complexity index is 483. The molecular formula is C16H23ClN2O. The lowest BCUT2D eigenvalue weighted by Gasteiger charge is -2.39. The van der Waals surface area contributed by atoms with Crippen molar-refractivity contribution in [2.75, 3.05) is 26.7 Å². The predicted octanol–water partition coefficient (Wildman–Crippen LogP) is 2.72. The summed E-state index contributed by atoms with van der Waals surface area (Å²) in [5.41, 5.74) is 1.56. The molecule has 0 saturated carbocycles. The SMILES string of the molecule is CNC1(C)CCN(CC2Cc3cc(Cl)ccc3O2)CC1. The number of nitrogens with zero attached hydrogens (tertiary/aromatic N) is 1. The Hall–Kier alpha value is -0.770. The normalized spacial score (nSPS) is 25.2. The molecule has 1 saturated heterocycles. The van der Waals surface area contributed by atoms with Crippen molar-refractivity contribution in [2.24, 2.45) is 0 Å². The van der Waals surface area contributed by atoms with Crippen LogP contribution in [0.15, 0.2) is 18.2 Å². The fourth-order valence-electron chi connectivity index (χ4n) is 3.16. The van der Waals surface area contributed by atoms with Crippen molar-refractivity contribution in [2.45, 2.75) is 37.8 Å². The Kier molecular flexibility index (Phi) is 3.93. The van der Waals surface area contributed by atoms with Crippen LogP contribution >= 0.6 is 11.6 Å². The van der Waals surface area contributed by atoms with Gasteiger partial charge in [0.2, 0.25) is 0 Å². The first-order valence-electron chi connectivity index (χ1n) is 7.44. The smallest absolute Gasteiger partial charge is 0.123 e. The van der Waals surface area contributed by atoms with Crippen LogP contribution in [0.1, 0.15) is 25.3 Å². The maximum absolute atomic E-state index is 6.04. The van der Waals surface area contributed by atoms with E-state index < -0.39 is 0 Å². The van der Waals surface area contributed by atoms with Crippen LogP contribution in [0.3, 0.4) is 0 Å². The molecule has 3 rings (SSSR count). The van der Waals surface area contributed by atoms with Crippen LogP contribution in [0.4, 0.5) is 0 Å². The van der Waals surface area contributed by atoms with Crippen molar-refractivity contribution in [1.29, 1.82) is 0 Å². The fourth-order valence-corrected chi connectivity index (χ4v) is 3.35. The topological polar surface area (TPSA) is 24.5 Å². The fraction of sp³-hybridized carbons (Fsp3) is 0.625. The van der Waals surface area contributed by atoms with E-state index in [0.29, 0.717) is 5.54 Å². The molecule has 1 fully saturated rings. The second kappa shape index (κ2) is 5.55. The third-order valence-corrected chi connectivity index (χ3v) is 5.02. The van der Waals surface area contributed by atoms with E-state index in [-0.39, 0.29) is 6.10 Å². The molecule has 4 heteroatoms. The van der Waals surface area contributed by atoms with Crippen molar-refractivity contribution in [3.63, 3.8) is 0 Å². The van der Waals surface area contributed by atoms with Gasteiger partial charge in [-0.2, -0.15) is 0 Å². The van der Waals surface area contributed by atoms with Crippen LogP contribution in [-0.2, 0) is 6.42 Å². The van der Waals surface area contributed by atoms with Crippen LogP contribution in [0.5, 0.6) is 5.75 Å². The zero-order valence-electron chi connectivity index (χ0n) is 12.3. The van der Waals surface area contributed by atoms with Gasteiger partial charge in [-0.25, -0.2) is 0 Å². The highest BCUT2D eigenvalue weighted by Gasteiger charge is 2.31. The minimum atomic E-state index is 0.280. The van der Waals surface area contributed by atoms with E-state index in [4.69, 9.17) is 16.3 Å². The second-order valence-electron chi connectivity index (χ2n) is 6.31. The molecular weight excluding hydrogens is 272 g/mol. The Labute approximate surface area is 126 Å². The Morgan fingerprint density at radius 1 is 1.40 bits per heavy atom. The summed E-state index contributed by atoms with van der Waals surface area (Å²) in [4.78, 5) is 2.53. The van der Waals surface area contributed by atoms with Gasteiger partial charge in [-0.05, 0) is 50.6 Å². The van der Waals surface area contributed by atoms with Crippen LogP contribution in [-0.4, -0.2) is 43.2 Å². The molecule has 110 valence electrons. The van der Waals surface area contributed by atoms with Crippen LogP contribution in [0, 0.1) is 0 Å². The third-order valence-electron chi connectivity index (χ3n) is 4.79. The summed E-state index contributed by atoms with van der Waals surface area (Å²) in [6.45, 7) is 5.63. The van der Waals surface area contributed by atoms with Gasteiger partial charge in [-0.15, -0.1) is 0 Å². The molecule has 2 heterocycles. The van der Waals surface area contributed by atoms with Gasteiger partial charge in [0.25, 0.3) is 0 Å². The molecule has 2 aliphatic rings. The molecule has 1 N–H and O–H groups in total. The molecule has 1 atom stereocenters. The van der Waals surface area contributed by atoms with E-state index in [2.05, 4.69) is 24.2 Å². The zero-order valence-corrected chi connectivity index (χ0v) is 13.0. The van der Waals surface area contributed by atoms with Gasteiger partial charge in [-0.3, -0.25) is 4.90 Å². The summed E-state index contributed by atoms with van der Waals surface area (Å²) in [6.07, 6.45) is 3.67. The van der Waals surface area contributed by atoms with Gasteiger partial charge in [0.05, 0.1) is 0 Å². The van der Waals surface area contributed by atoms with E-state index in [0.717, 1.165) is 36.8 Å². The lowest BCUT2D eigenvalue weighted by molar-refractivity contribution is 0.102. The van der Waals surface area contributed by atoms with E-state index in [1.165, 1.54) is 18.4 Å². The molecule has 3 nitrogen and oxygen atoms in total. The molecule has 1 aromatic carbocycles. The summed E-state index contributed by atoms with van der Waals surface area (Å²) in [5, 5.41) is 4.24. The monoisotopic (exact) mass is 294 g/mol. The third kappa shape index (κ3) is 2.95. The first kappa shape index (κ1) is 14.2. The highest BCUT2D eigenvalue weighted by Crippen LogP contribution is 2.32. The number of nitrogens with one attached hydrogen (secondary N) is 1. The summed E-state index contributed by atoms with van der Waals surface area (Å²) in [5.74, 6) is 1.01. The van der Waals surface area contributed by atoms with Gasteiger partial charge in [0.1, 0.15) is 11.9 Å². The highest BCUT2D eigenvalue weighted by atomic mass is 35.5. The van der Waals surface area contributed by atoms with Crippen molar-refractivity contribution in [1.82, 2.24) is 10.2 Å². The molecule has 0 amide bonds. The molecule has 0 radical (unpaired) electrons. The van der Waals surface area contributed by atoms with Crippen LogP contribution in [0.2, 0.25) is 5.02 Å². The van der Waals surface area contributed by atoms with Gasteiger partial charge >= 0.3 is 0 Å². The van der Waals surface area contributed by atoms with Crippen molar-refractivity contribution >= 4 is 11.6 Å². The molecule has 0 bridgehead atoms. The largest absolute Gasteiger partial charge is 0.488 e. The Balaban J connectivity index is 1.54. The minimum absolute atomic E-state index is 0.280. The first-order chi connectivity index (χ1) is 9.58. The Morgan fingerprint density at radius 3 is 2.85 bits per heavy atom. The van der Waals surface area contributed by atoms with E-state index in [9.17, 15) is 0 Å². The van der Waals surface area contributed by atoms with Crippen molar-refractivity contribution in [3.8, 4) is 5.75 Å². The van der Waals surface area contributed by atoms with Crippen LogP contribution in [0.25, 0.3) is 0 Å².